The molecule has 0 amide bonds. The molecule has 3 nitrogen and oxygen atoms in total. The van der Waals surface area contributed by atoms with Gasteiger partial charge in [-0.1, -0.05) is 19.8 Å². The first-order chi connectivity index (χ1) is 5.83. The summed E-state index contributed by atoms with van der Waals surface area (Å²) in [7, 11) is 0. The maximum absolute atomic E-state index is 10.7. The van der Waals surface area contributed by atoms with Crippen molar-refractivity contribution in [1.29, 1.82) is 0 Å². The van der Waals surface area contributed by atoms with Crippen LogP contribution in [0.4, 0.5) is 0 Å². The highest BCUT2D eigenvalue weighted by Crippen LogP contribution is 2.17. The second kappa shape index (κ2) is 4.58. The minimum Gasteiger partial charge on any atom is -0.352 e. The van der Waals surface area contributed by atoms with E-state index in [0.717, 1.165) is 25.7 Å². The predicted octanol–water partition coefficient (Wildman–Crippen LogP) is 1.08. The average Bonchev–Trinajstić information content (AvgIpc) is 2.55. The summed E-state index contributed by atoms with van der Waals surface area (Å²) in [6, 6.07) is 0. The fourth-order valence-electron chi connectivity index (χ4n) is 1.48. The van der Waals surface area contributed by atoms with E-state index in [1.807, 2.05) is 0 Å². The highest BCUT2D eigenvalue weighted by molar-refractivity contribution is 5.62. The first kappa shape index (κ1) is 9.68. The third-order valence-electron chi connectivity index (χ3n) is 2.23. The van der Waals surface area contributed by atoms with E-state index in [1.165, 1.54) is 12.8 Å². The lowest BCUT2D eigenvalue weighted by Crippen LogP contribution is -2.42. The minimum absolute atomic E-state index is 0.644. The van der Waals surface area contributed by atoms with Gasteiger partial charge in [0.1, 0.15) is 0 Å². The highest BCUT2D eigenvalue weighted by Gasteiger charge is 2.33. The molecule has 0 spiro atoms. The van der Waals surface area contributed by atoms with Crippen LogP contribution < -0.4 is 5.32 Å². The van der Waals surface area contributed by atoms with Crippen molar-refractivity contribution in [3.8, 4) is 0 Å². The van der Waals surface area contributed by atoms with Crippen molar-refractivity contribution in [2.45, 2.75) is 38.3 Å². The van der Waals surface area contributed by atoms with Crippen LogP contribution in [-0.2, 0) is 9.53 Å². The molecule has 1 saturated heterocycles. The monoisotopic (exact) mass is 171 g/mol. The molecule has 0 radical (unpaired) electrons. The lowest BCUT2D eigenvalue weighted by Gasteiger charge is -2.21. The summed E-state index contributed by atoms with van der Waals surface area (Å²) in [6.45, 7) is 3.60. The maximum atomic E-state index is 10.7. The van der Waals surface area contributed by atoms with Crippen LogP contribution in [-0.4, -0.2) is 25.2 Å². The van der Waals surface area contributed by atoms with Crippen molar-refractivity contribution >= 4 is 6.29 Å². The molecule has 1 fully saturated rings. The molecule has 1 N–H and O–H groups in total. The summed E-state index contributed by atoms with van der Waals surface area (Å²) >= 11 is 0. The molecule has 1 heterocycles. The third-order valence-corrected chi connectivity index (χ3v) is 2.23. The van der Waals surface area contributed by atoms with Crippen molar-refractivity contribution in [1.82, 2.24) is 5.32 Å². The van der Waals surface area contributed by atoms with E-state index in [2.05, 4.69) is 12.2 Å². The number of aldehydes is 1. The smallest absolute Gasteiger partial charge is 0.175 e. The Hall–Kier alpha value is -0.410. The van der Waals surface area contributed by atoms with Gasteiger partial charge in [-0.2, -0.15) is 0 Å². The lowest BCUT2D eigenvalue weighted by atomic mass is 10.1. The SMILES string of the molecule is CCCCCC1(C=O)NCCO1. The topological polar surface area (TPSA) is 38.3 Å². The summed E-state index contributed by atoms with van der Waals surface area (Å²) in [5, 5.41) is 3.09. The Morgan fingerprint density at radius 3 is 2.92 bits per heavy atom. The van der Waals surface area contributed by atoms with Crippen LogP contribution >= 0.6 is 0 Å². The Labute approximate surface area is 73.5 Å². The largest absolute Gasteiger partial charge is 0.352 e. The van der Waals surface area contributed by atoms with E-state index in [-0.39, 0.29) is 0 Å². The van der Waals surface area contributed by atoms with Crippen LogP contribution in [0.3, 0.4) is 0 Å². The molecule has 0 saturated carbocycles. The molecule has 0 aromatic rings. The van der Waals surface area contributed by atoms with Crippen molar-refractivity contribution in [3.05, 3.63) is 0 Å². The van der Waals surface area contributed by atoms with Gasteiger partial charge in [-0.15, -0.1) is 0 Å². The number of carbonyl (C=O) groups is 1. The van der Waals surface area contributed by atoms with Crippen LogP contribution in [0, 0.1) is 0 Å². The van der Waals surface area contributed by atoms with Crippen molar-refractivity contribution < 1.29 is 9.53 Å². The molecule has 1 aliphatic heterocycles. The quantitative estimate of drug-likeness (QED) is 0.497. The minimum atomic E-state index is -0.644. The zero-order valence-electron chi connectivity index (χ0n) is 7.64. The average molecular weight is 171 g/mol. The van der Waals surface area contributed by atoms with Gasteiger partial charge in [-0.3, -0.25) is 10.1 Å². The molecule has 12 heavy (non-hydrogen) atoms. The number of carbonyl (C=O) groups excluding carboxylic acids is 1. The molecule has 1 unspecified atom stereocenters. The summed E-state index contributed by atoms with van der Waals surface area (Å²) < 4.78 is 5.36. The Morgan fingerprint density at radius 1 is 1.58 bits per heavy atom. The molecule has 3 heteroatoms. The van der Waals surface area contributed by atoms with Gasteiger partial charge in [0.2, 0.25) is 0 Å². The van der Waals surface area contributed by atoms with Gasteiger partial charge in [0, 0.05) is 6.54 Å². The van der Waals surface area contributed by atoms with Gasteiger partial charge in [-0.25, -0.2) is 0 Å². The Kier molecular flexibility index (Phi) is 3.69. The zero-order chi connectivity index (χ0) is 8.86. The van der Waals surface area contributed by atoms with Gasteiger partial charge in [0.25, 0.3) is 0 Å². The number of hydrogen-bond acceptors (Lipinski definition) is 3. The Bertz CT molecular complexity index is 141. The molecule has 0 aromatic carbocycles. The second-order valence-electron chi connectivity index (χ2n) is 3.24. The molecular weight excluding hydrogens is 154 g/mol. The molecule has 0 bridgehead atoms. The molecule has 0 aliphatic carbocycles. The van der Waals surface area contributed by atoms with Crippen LogP contribution in [0.1, 0.15) is 32.6 Å². The van der Waals surface area contributed by atoms with Crippen LogP contribution in [0.25, 0.3) is 0 Å². The first-order valence-corrected chi connectivity index (χ1v) is 4.68. The summed E-state index contributed by atoms with van der Waals surface area (Å²) in [5.41, 5.74) is -0.644. The van der Waals surface area contributed by atoms with Gasteiger partial charge >= 0.3 is 0 Å². The fraction of sp³-hybridized carbons (Fsp3) is 0.889. The van der Waals surface area contributed by atoms with Crippen LogP contribution in [0.15, 0.2) is 0 Å². The van der Waals surface area contributed by atoms with Crippen LogP contribution in [0.5, 0.6) is 0 Å². The number of unbranched alkanes of at least 4 members (excludes halogenated alkanes) is 2. The Balaban J connectivity index is 2.29. The summed E-state index contributed by atoms with van der Waals surface area (Å²) in [6.07, 6.45) is 5.11. The number of ether oxygens (including phenoxy) is 1. The number of hydrogen-bond donors (Lipinski definition) is 1. The fourth-order valence-corrected chi connectivity index (χ4v) is 1.48. The van der Waals surface area contributed by atoms with Crippen molar-refractivity contribution in [3.63, 3.8) is 0 Å². The van der Waals surface area contributed by atoms with E-state index >= 15 is 0 Å². The van der Waals surface area contributed by atoms with E-state index in [4.69, 9.17) is 4.74 Å². The molecule has 1 atom stereocenters. The second-order valence-corrected chi connectivity index (χ2v) is 3.24. The van der Waals surface area contributed by atoms with Gasteiger partial charge in [0.15, 0.2) is 12.0 Å². The first-order valence-electron chi connectivity index (χ1n) is 4.68. The van der Waals surface area contributed by atoms with E-state index in [1.54, 1.807) is 0 Å². The summed E-state index contributed by atoms with van der Waals surface area (Å²) in [4.78, 5) is 10.7. The maximum Gasteiger partial charge on any atom is 0.175 e. The molecule has 0 aromatic heterocycles. The lowest BCUT2D eigenvalue weighted by molar-refractivity contribution is -0.128. The van der Waals surface area contributed by atoms with Gasteiger partial charge in [0.05, 0.1) is 6.61 Å². The van der Waals surface area contributed by atoms with Gasteiger partial charge in [-0.05, 0) is 12.8 Å². The molecule has 70 valence electrons. The summed E-state index contributed by atoms with van der Waals surface area (Å²) in [5.74, 6) is 0. The predicted molar refractivity (Wildman–Crippen MR) is 46.9 cm³/mol. The highest BCUT2D eigenvalue weighted by atomic mass is 16.5. The third kappa shape index (κ3) is 2.29. The van der Waals surface area contributed by atoms with Gasteiger partial charge < -0.3 is 4.74 Å². The van der Waals surface area contributed by atoms with E-state index in [9.17, 15) is 4.79 Å². The molecule has 1 rings (SSSR count). The van der Waals surface area contributed by atoms with E-state index < -0.39 is 5.72 Å². The standard InChI is InChI=1S/C9H17NO2/c1-2-3-4-5-9(8-11)10-6-7-12-9/h8,10H,2-7H2,1H3. The number of nitrogens with one attached hydrogen (secondary N) is 1. The van der Waals surface area contributed by atoms with Crippen molar-refractivity contribution in [2.75, 3.05) is 13.2 Å². The van der Waals surface area contributed by atoms with E-state index in [0.29, 0.717) is 6.61 Å². The number of rotatable bonds is 5. The van der Waals surface area contributed by atoms with Crippen molar-refractivity contribution in [2.24, 2.45) is 0 Å². The zero-order valence-corrected chi connectivity index (χ0v) is 7.64. The Morgan fingerprint density at radius 2 is 2.42 bits per heavy atom. The van der Waals surface area contributed by atoms with Crippen LogP contribution in [0.2, 0.25) is 0 Å². The normalized spacial score (nSPS) is 29.1. The molecule has 1 aliphatic rings. The molecular formula is C9H17NO2.